The quantitative estimate of drug-likeness (QED) is 0.938. The Hall–Kier alpha value is -1.59. The molecule has 1 aromatic carbocycles. The molecule has 0 amide bonds. The summed E-state index contributed by atoms with van der Waals surface area (Å²) in [5, 5.41) is 7.56. The molecule has 0 radical (unpaired) electrons. The van der Waals surface area contributed by atoms with Crippen molar-refractivity contribution in [3.8, 4) is 5.75 Å². The zero-order valence-corrected chi connectivity index (χ0v) is 13.1. The number of nitrogens with zero attached hydrogens (tertiary/aromatic N) is 2. The van der Waals surface area contributed by atoms with Crippen LogP contribution in [-0.2, 0) is 12.0 Å². The summed E-state index contributed by atoms with van der Waals surface area (Å²) in [6, 6.07) is 9.71. The molecule has 22 heavy (non-hydrogen) atoms. The average molecular weight is 322 g/mol. The number of hydrogen-bond donors (Lipinski definition) is 1. The minimum atomic E-state index is 0. The van der Waals surface area contributed by atoms with Crippen LogP contribution in [0.5, 0.6) is 5.75 Å². The molecule has 5 nitrogen and oxygen atoms in total. The van der Waals surface area contributed by atoms with Crippen molar-refractivity contribution in [3.05, 3.63) is 42.0 Å². The highest BCUT2D eigenvalue weighted by Gasteiger charge is 2.51. The Bertz CT molecular complexity index is 607. The lowest BCUT2D eigenvalue weighted by Gasteiger charge is -2.22. The molecule has 2 atom stereocenters. The molecule has 1 aliphatic carbocycles. The van der Waals surface area contributed by atoms with Crippen molar-refractivity contribution < 1.29 is 9.26 Å². The number of halogens is 1. The third-order valence-corrected chi connectivity index (χ3v) is 4.79. The molecule has 2 fully saturated rings. The lowest BCUT2D eigenvalue weighted by atomic mass is 9.80. The number of fused-ring (bicyclic) bond motifs is 1. The maximum Gasteiger partial charge on any atom is 0.234 e. The smallest absolute Gasteiger partial charge is 0.234 e. The fourth-order valence-electron chi connectivity index (χ4n) is 3.68. The van der Waals surface area contributed by atoms with Gasteiger partial charge >= 0.3 is 0 Å². The number of hydrogen-bond acceptors (Lipinski definition) is 5. The molecule has 4 rings (SSSR count). The van der Waals surface area contributed by atoms with Crippen LogP contribution in [0.2, 0.25) is 0 Å². The van der Waals surface area contributed by atoms with E-state index in [0.717, 1.165) is 31.2 Å². The zero-order valence-electron chi connectivity index (χ0n) is 12.3. The van der Waals surface area contributed by atoms with E-state index in [9.17, 15) is 0 Å². The average Bonchev–Trinajstić information content (AvgIpc) is 3.21. The van der Waals surface area contributed by atoms with Crippen LogP contribution >= 0.6 is 12.4 Å². The third-order valence-electron chi connectivity index (χ3n) is 4.79. The summed E-state index contributed by atoms with van der Waals surface area (Å²) in [5.74, 6) is 2.88. The van der Waals surface area contributed by atoms with Gasteiger partial charge in [-0.2, -0.15) is 4.98 Å². The highest BCUT2D eigenvalue weighted by Crippen LogP contribution is 2.47. The van der Waals surface area contributed by atoms with Crippen molar-refractivity contribution in [2.75, 3.05) is 13.1 Å². The first-order chi connectivity index (χ1) is 10.4. The summed E-state index contributed by atoms with van der Waals surface area (Å²) in [6.07, 6.45) is 3.65. The molecule has 1 saturated carbocycles. The largest absolute Gasteiger partial charge is 0.485 e. The summed E-state index contributed by atoms with van der Waals surface area (Å²) in [7, 11) is 0. The Kier molecular flexibility index (Phi) is 4.36. The van der Waals surface area contributed by atoms with Gasteiger partial charge in [0.05, 0.1) is 5.41 Å². The number of benzene rings is 1. The second kappa shape index (κ2) is 6.26. The minimum absolute atomic E-state index is 0. The normalized spacial score (nSPS) is 26.5. The summed E-state index contributed by atoms with van der Waals surface area (Å²) in [6.45, 7) is 2.37. The van der Waals surface area contributed by atoms with Gasteiger partial charge in [-0.15, -0.1) is 12.4 Å². The van der Waals surface area contributed by atoms with E-state index in [0.29, 0.717) is 18.3 Å². The predicted molar refractivity (Wildman–Crippen MR) is 84.2 cm³/mol. The van der Waals surface area contributed by atoms with Crippen molar-refractivity contribution in [1.29, 1.82) is 0 Å². The van der Waals surface area contributed by atoms with Crippen LogP contribution in [0.4, 0.5) is 0 Å². The molecule has 6 heteroatoms. The molecule has 118 valence electrons. The summed E-state index contributed by atoms with van der Waals surface area (Å²) in [4.78, 5) is 4.60. The Morgan fingerprint density at radius 3 is 3.05 bits per heavy atom. The van der Waals surface area contributed by atoms with E-state index in [1.165, 1.54) is 12.8 Å². The van der Waals surface area contributed by atoms with Gasteiger partial charge in [-0.05, 0) is 37.4 Å². The Morgan fingerprint density at radius 2 is 2.18 bits per heavy atom. The molecular formula is C16H20ClN3O2. The van der Waals surface area contributed by atoms with Gasteiger partial charge in [0, 0.05) is 6.54 Å². The molecule has 2 aliphatic rings. The Labute approximate surface area is 135 Å². The minimum Gasteiger partial charge on any atom is -0.485 e. The molecule has 1 aromatic heterocycles. The molecule has 2 heterocycles. The van der Waals surface area contributed by atoms with Crippen molar-refractivity contribution >= 4 is 12.4 Å². The molecule has 0 bridgehead atoms. The topological polar surface area (TPSA) is 60.2 Å². The van der Waals surface area contributed by atoms with Crippen molar-refractivity contribution in [2.45, 2.75) is 31.3 Å². The summed E-state index contributed by atoms with van der Waals surface area (Å²) >= 11 is 0. The maximum absolute atomic E-state index is 5.68. The SMILES string of the molecule is Cl.c1ccc(OCc2noc([C@@]34CCC[C@@H]3CNC4)n2)cc1. The molecule has 0 unspecified atom stereocenters. The van der Waals surface area contributed by atoms with Gasteiger partial charge in [0.2, 0.25) is 11.7 Å². The van der Waals surface area contributed by atoms with E-state index in [-0.39, 0.29) is 17.8 Å². The van der Waals surface area contributed by atoms with Crippen LogP contribution in [0.3, 0.4) is 0 Å². The summed E-state index contributed by atoms with van der Waals surface area (Å²) < 4.78 is 11.2. The number of ether oxygens (including phenoxy) is 1. The number of para-hydroxylation sites is 1. The van der Waals surface area contributed by atoms with Crippen molar-refractivity contribution in [3.63, 3.8) is 0 Å². The van der Waals surface area contributed by atoms with E-state index in [1.807, 2.05) is 30.3 Å². The van der Waals surface area contributed by atoms with Gasteiger partial charge in [-0.3, -0.25) is 0 Å². The number of rotatable bonds is 4. The molecule has 1 N–H and O–H groups in total. The maximum atomic E-state index is 5.68. The van der Waals surface area contributed by atoms with Gasteiger partial charge in [-0.1, -0.05) is 29.8 Å². The fraction of sp³-hybridized carbons (Fsp3) is 0.500. The number of aromatic nitrogens is 2. The summed E-state index contributed by atoms with van der Waals surface area (Å²) in [5.41, 5.74) is 0.0675. The van der Waals surface area contributed by atoms with Crippen LogP contribution < -0.4 is 10.1 Å². The van der Waals surface area contributed by atoms with Crippen LogP contribution in [0.15, 0.2) is 34.9 Å². The van der Waals surface area contributed by atoms with Gasteiger partial charge in [0.1, 0.15) is 5.75 Å². The molecule has 1 aliphatic heterocycles. The lowest BCUT2D eigenvalue weighted by Crippen LogP contribution is -2.31. The van der Waals surface area contributed by atoms with E-state index < -0.39 is 0 Å². The first-order valence-corrected chi connectivity index (χ1v) is 7.58. The highest BCUT2D eigenvalue weighted by atomic mass is 35.5. The molecule has 2 aromatic rings. The molecule has 0 spiro atoms. The van der Waals surface area contributed by atoms with Crippen molar-refractivity contribution in [1.82, 2.24) is 15.5 Å². The van der Waals surface area contributed by atoms with E-state index >= 15 is 0 Å². The van der Waals surface area contributed by atoms with Crippen LogP contribution in [0, 0.1) is 5.92 Å². The van der Waals surface area contributed by atoms with E-state index in [4.69, 9.17) is 9.26 Å². The highest BCUT2D eigenvalue weighted by molar-refractivity contribution is 5.85. The Morgan fingerprint density at radius 1 is 1.32 bits per heavy atom. The van der Waals surface area contributed by atoms with Crippen LogP contribution in [-0.4, -0.2) is 23.2 Å². The van der Waals surface area contributed by atoms with E-state index in [1.54, 1.807) is 0 Å². The first kappa shape index (κ1) is 15.3. The van der Waals surface area contributed by atoms with Gasteiger partial charge < -0.3 is 14.6 Å². The monoisotopic (exact) mass is 321 g/mol. The Balaban J connectivity index is 0.00000144. The number of nitrogens with one attached hydrogen (secondary N) is 1. The molecule has 1 saturated heterocycles. The standard InChI is InChI=1S/C16H19N3O2.ClH/c1-2-6-13(7-3-1)20-10-14-18-15(21-19-14)16-8-4-5-12(16)9-17-11-16;/h1-3,6-7,12,17H,4-5,8-11H2;1H/t12-,16-;/m1./s1. The van der Waals surface area contributed by atoms with Crippen LogP contribution in [0.1, 0.15) is 31.0 Å². The first-order valence-electron chi connectivity index (χ1n) is 7.58. The van der Waals surface area contributed by atoms with Gasteiger partial charge in [-0.25, -0.2) is 0 Å². The van der Waals surface area contributed by atoms with Gasteiger partial charge in [0.15, 0.2) is 6.61 Å². The fourth-order valence-corrected chi connectivity index (χ4v) is 3.68. The predicted octanol–water partition coefficient (Wildman–Crippen LogP) is 2.71. The van der Waals surface area contributed by atoms with Gasteiger partial charge in [0.25, 0.3) is 0 Å². The van der Waals surface area contributed by atoms with Crippen LogP contribution in [0.25, 0.3) is 0 Å². The zero-order chi connectivity index (χ0) is 14.1. The van der Waals surface area contributed by atoms with E-state index in [2.05, 4.69) is 15.5 Å². The van der Waals surface area contributed by atoms with Crippen molar-refractivity contribution in [2.24, 2.45) is 5.92 Å². The third kappa shape index (κ3) is 2.59. The second-order valence-corrected chi connectivity index (χ2v) is 5.99. The second-order valence-electron chi connectivity index (χ2n) is 5.99. The lowest BCUT2D eigenvalue weighted by molar-refractivity contribution is 0.257. The molecular weight excluding hydrogens is 302 g/mol.